The van der Waals surface area contributed by atoms with Gasteiger partial charge in [-0.15, -0.1) is 0 Å². The molecule has 0 radical (unpaired) electrons. The molecule has 0 atom stereocenters. The number of benzene rings is 2. The molecule has 0 saturated carbocycles. The van der Waals surface area contributed by atoms with Crippen molar-refractivity contribution in [2.45, 2.75) is 45.6 Å². The molecular weight excluding hydrogens is 340 g/mol. The minimum atomic E-state index is -3.03. The molecule has 0 bridgehead atoms. The topological polar surface area (TPSA) is 46.5 Å². The van der Waals surface area contributed by atoms with Crippen molar-refractivity contribution in [1.82, 2.24) is 0 Å². The maximum absolute atomic E-state index is 12.1. The Balaban J connectivity index is 2.43. The zero-order valence-electron chi connectivity index (χ0n) is 16.5. The van der Waals surface area contributed by atoms with Gasteiger partial charge in [-0.05, 0) is 42.1 Å². The molecule has 0 unspecified atom stereocenters. The monoisotopic (exact) mass is 370 g/mol. The maximum Gasteiger partial charge on any atom is 0.311 e. The van der Waals surface area contributed by atoms with Gasteiger partial charge >= 0.3 is 5.97 Å². The van der Waals surface area contributed by atoms with Crippen molar-refractivity contribution in [3.8, 4) is 0 Å². The summed E-state index contributed by atoms with van der Waals surface area (Å²) < 4.78 is 4.95. The van der Waals surface area contributed by atoms with Gasteiger partial charge in [-0.3, -0.25) is 4.79 Å². The van der Waals surface area contributed by atoms with Gasteiger partial charge in [0.15, 0.2) is 0 Å². The fourth-order valence-electron chi connectivity index (χ4n) is 3.49. The number of hydrogen-bond donors (Lipinski definition) is 1. The number of esters is 1. The van der Waals surface area contributed by atoms with E-state index in [0.29, 0.717) is 6.42 Å². The summed E-state index contributed by atoms with van der Waals surface area (Å²) in [7, 11) is -1.60. The highest BCUT2D eigenvalue weighted by molar-refractivity contribution is 6.98. The zero-order valence-corrected chi connectivity index (χ0v) is 17.5. The molecule has 0 saturated heterocycles. The van der Waals surface area contributed by atoms with Crippen molar-refractivity contribution in [3.63, 3.8) is 0 Å². The Hall–Kier alpha value is -1.91. The quantitative estimate of drug-likeness (QED) is 0.599. The van der Waals surface area contributed by atoms with Crippen LogP contribution in [-0.2, 0) is 9.53 Å². The Kier molecular flexibility index (Phi) is 6.09. The summed E-state index contributed by atoms with van der Waals surface area (Å²) in [6.45, 7) is 8.04. The molecule has 140 valence electrons. The number of methoxy groups -OCH3 is 1. The van der Waals surface area contributed by atoms with E-state index in [2.05, 4.69) is 13.8 Å². The van der Waals surface area contributed by atoms with Gasteiger partial charge in [0, 0.05) is 0 Å². The van der Waals surface area contributed by atoms with Gasteiger partial charge in [0.2, 0.25) is 0 Å². The average Bonchev–Trinajstić information content (AvgIpc) is 2.66. The van der Waals surface area contributed by atoms with E-state index in [9.17, 15) is 9.59 Å². The molecule has 0 aliphatic carbocycles. The van der Waals surface area contributed by atoms with Crippen LogP contribution in [0, 0.1) is 5.41 Å². The Morgan fingerprint density at radius 2 is 1.31 bits per heavy atom. The fraction of sp³-hybridized carbons (Fsp3) is 0.409. The zero-order chi connectivity index (χ0) is 19.4. The highest BCUT2D eigenvalue weighted by atomic mass is 28.4. The molecule has 0 amide bonds. The van der Waals surface area contributed by atoms with Crippen LogP contribution in [0.3, 0.4) is 0 Å². The first kappa shape index (κ1) is 20.4. The lowest BCUT2D eigenvalue weighted by molar-refractivity contribution is -0.151. The molecule has 0 heterocycles. The van der Waals surface area contributed by atoms with Crippen molar-refractivity contribution in [2.24, 2.45) is 5.41 Å². The summed E-state index contributed by atoms with van der Waals surface area (Å²) in [4.78, 5) is 24.2. The molecule has 1 N–H and O–H groups in total. The van der Waals surface area contributed by atoms with Crippen LogP contribution >= 0.6 is 0 Å². The van der Waals surface area contributed by atoms with Crippen LogP contribution < -0.4 is 10.4 Å². The molecule has 2 rings (SSSR count). The Labute approximate surface area is 158 Å². The van der Waals surface area contributed by atoms with Crippen molar-refractivity contribution in [1.29, 1.82) is 0 Å². The second-order valence-corrected chi connectivity index (χ2v) is 12.1. The van der Waals surface area contributed by atoms with Gasteiger partial charge in [0.05, 0.1) is 12.5 Å². The average molecular weight is 371 g/mol. The summed E-state index contributed by atoms with van der Waals surface area (Å²) in [6.07, 6.45) is 1.38. The number of rotatable bonds is 7. The highest BCUT2D eigenvalue weighted by Crippen LogP contribution is 2.42. The number of carbonyl (C=O) groups is 1. The third-order valence-electron chi connectivity index (χ3n) is 5.48. The molecule has 3 nitrogen and oxygen atoms in total. The first-order valence-electron chi connectivity index (χ1n) is 9.07. The van der Waals surface area contributed by atoms with E-state index in [1.54, 1.807) is 0 Å². The minimum absolute atomic E-state index is 0.210. The molecule has 0 spiro atoms. The van der Waals surface area contributed by atoms with E-state index in [0.717, 1.165) is 16.8 Å². The van der Waals surface area contributed by atoms with Gasteiger partial charge in [0.1, 0.15) is 0 Å². The maximum atomic E-state index is 12.1. The fourth-order valence-corrected chi connectivity index (χ4v) is 7.22. The molecular formula is C22H30O3Si. The molecule has 0 aromatic heterocycles. The van der Waals surface area contributed by atoms with Crippen LogP contribution in [0.25, 0.3) is 0 Å². The first-order valence-corrected chi connectivity index (χ1v) is 11.0. The lowest BCUT2D eigenvalue weighted by Crippen LogP contribution is -2.65. The third kappa shape index (κ3) is 3.91. The predicted molar refractivity (Wildman–Crippen MR) is 109 cm³/mol. The summed E-state index contributed by atoms with van der Waals surface area (Å²) in [6, 6.07) is 19.9. The minimum Gasteiger partial charge on any atom is -0.469 e. The van der Waals surface area contributed by atoms with E-state index < -0.39 is 13.7 Å². The lowest BCUT2D eigenvalue weighted by Gasteiger charge is -2.42. The molecule has 2 aromatic rings. The number of hydrogen-bond acceptors (Lipinski definition) is 3. The summed E-state index contributed by atoms with van der Waals surface area (Å²) in [5.74, 6) is -0.210. The SMILES string of the molecule is COC(=O)C(C)(C)CCC(C)(C)[Si](O)(c1ccccc1)c1ccccc1. The van der Waals surface area contributed by atoms with Crippen LogP contribution in [0.15, 0.2) is 60.7 Å². The smallest absolute Gasteiger partial charge is 0.311 e. The second kappa shape index (κ2) is 7.76. The molecule has 0 aliphatic heterocycles. The molecule has 0 aliphatic rings. The lowest BCUT2D eigenvalue weighted by atomic mass is 9.85. The van der Waals surface area contributed by atoms with Gasteiger partial charge < -0.3 is 9.53 Å². The van der Waals surface area contributed by atoms with Crippen molar-refractivity contribution < 1.29 is 14.3 Å². The largest absolute Gasteiger partial charge is 0.469 e. The van der Waals surface area contributed by atoms with E-state index in [1.807, 2.05) is 74.5 Å². The normalized spacial score (nSPS) is 12.7. The first-order chi connectivity index (χ1) is 12.1. The van der Waals surface area contributed by atoms with Crippen LogP contribution in [0.5, 0.6) is 0 Å². The number of carbonyl (C=O) groups excluding carboxylic acids is 1. The molecule has 0 fully saturated rings. The number of ether oxygens (including phenoxy) is 1. The van der Waals surface area contributed by atoms with Crippen LogP contribution in [0.2, 0.25) is 5.04 Å². The van der Waals surface area contributed by atoms with Crippen molar-refractivity contribution in [2.75, 3.05) is 7.11 Å². The second-order valence-electron chi connectivity index (χ2n) is 8.20. The molecule has 26 heavy (non-hydrogen) atoms. The summed E-state index contributed by atoms with van der Waals surface area (Å²) >= 11 is 0. The van der Waals surface area contributed by atoms with E-state index >= 15 is 0 Å². The summed E-state index contributed by atoms with van der Waals surface area (Å²) in [5, 5.41) is 1.63. The third-order valence-corrected chi connectivity index (χ3v) is 10.0. The van der Waals surface area contributed by atoms with Crippen LogP contribution in [0.1, 0.15) is 40.5 Å². The van der Waals surface area contributed by atoms with Gasteiger partial charge in [-0.1, -0.05) is 74.5 Å². The Morgan fingerprint density at radius 3 is 1.69 bits per heavy atom. The van der Waals surface area contributed by atoms with E-state index in [-0.39, 0.29) is 11.0 Å². The Bertz CT molecular complexity index is 684. The van der Waals surface area contributed by atoms with Gasteiger partial charge in [-0.2, -0.15) is 0 Å². The predicted octanol–water partition coefficient (Wildman–Crippen LogP) is 3.50. The van der Waals surface area contributed by atoms with Gasteiger partial charge in [0.25, 0.3) is 8.32 Å². The summed E-state index contributed by atoms with van der Waals surface area (Å²) in [5.41, 5.74) is -0.575. The van der Waals surface area contributed by atoms with Crippen molar-refractivity contribution >= 4 is 24.7 Å². The molecule has 4 heteroatoms. The Morgan fingerprint density at radius 1 is 0.885 bits per heavy atom. The van der Waals surface area contributed by atoms with Gasteiger partial charge in [-0.25, -0.2) is 0 Å². The van der Waals surface area contributed by atoms with Crippen LogP contribution in [0.4, 0.5) is 0 Å². The van der Waals surface area contributed by atoms with Crippen LogP contribution in [-0.4, -0.2) is 26.2 Å². The standard InChI is InChI=1S/C22H30O3Si/c1-21(2,20(23)25-5)16-17-22(3,4)26(24,18-12-8-6-9-13-18)19-14-10-7-11-15-19/h6-15,24H,16-17H2,1-5H3. The van der Waals surface area contributed by atoms with E-state index in [4.69, 9.17) is 4.74 Å². The molecule has 2 aromatic carbocycles. The highest BCUT2D eigenvalue weighted by Gasteiger charge is 2.50. The van der Waals surface area contributed by atoms with E-state index in [1.165, 1.54) is 7.11 Å². The van der Waals surface area contributed by atoms with Crippen molar-refractivity contribution in [3.05, 3.63) is 60.7 Å².